The molecule has 2 heterocycles. The lowest BCUT2D eigenvalue weighted by molar-refractivity contribution is 0.400. The van der Waals surface area contributed by atoms with Crippen molar-refractivity contribution < 1.29 is 21.9 Å². The lowest BCUT2D eigenvalue weighted by Gasteiger charge is -2.13. The van der Waals surface area contributed by atoms with Gasteiger partial charge in [0.1, 0.15) is 25.9 Å². The van der Waals surface area contributed by atoms with E-state index in [2.05, 4.69) is 37.4 Å². The van der Waals surface area contributed by atoms with Crippen molar-refractivity contribution in [2.24, 2.45) is 7.05 Å². The molecule has 0 saturated carbocycles. The number of halogens is 3. The van der Waals surface area contributed by atoms with Crippen LogP contribution in [0, 0.1) is 15.3 Å². The summed E-state index contributed by atoms with van der Waals surface area (Å²) in [6.07, 6.45) is 1.54. The zero-order valence-corrected chi connectivity index (χ0v) is 19.2. The van der Waals surface area contributed by atoms with Crippen molar-refractivity contribution in [3.05, 3.63) is 64.0 Å². The van der Waals surface area contributed by atoms with Crippen molar-refractivity contribution in [1.82, 2.24) is 14.8 Å². The molecule has 4 rings (SSSR count). The number of ether oxygens (including phenoxy) is 1. The Balaban J connectivity index is 1.77. The molecule has 0 amide bonds. The Hall–Kier alpha value is -2.80. The Morgan fingerprint density at radius 3 is 2.58 bits per heavy atom. The van der Waals surface area contributed by atoms with Crippen LogP contribution in [-0.2, 0) is 17.1 Å². The minimum Gasteiger partial charge on any atom is -0.480 e. The van der Waals surface area contributed by atoms with Gasteiger partial charge < -0.3 is 4.74 Å². The molecule has 0 aliphatic rings. The van der Waals surface area contributed by atoms with Crippen molar-refractivity contribution in [3.8, 4) is 17.0 Å². The Bertz CT molecular complexity index is 1420. The molecule has 0 unspecified atom stereocenters. The first kappa shape index (κ1) is 21.4. The average Bonchev–Trinajstić information content (AvgIpc) is 3.00. The van der Waals surface area contributed by atoms with E-state index >= 15 is 0 Å². The van der Waals surface area contributed by atoms with Crippen molar-refractivity contribution in [2.75, 3.05) is 11.8 Å². The second-order valence-electron chi connectivity index (χ2n) is 6.61. The van der Waals surface area contributed by atoms with Crippen LogP contribution in [0.3, 0.4) is 0 Å². The van der Waals surface area contributed by atoms with Crippen LogP contribution in [0.5, 0.6) is 5.88 Å². The molecule has 11 heteroatoms. The normalized spacial score (nSPS) is 11.6. The molecule has 0 fully saturated rings. The van der Waals surface area contributed by atoms with Crippen LogP contribution in [0.4, 0.5) is 14.5 Å². The third kappa shape index (κ3) is 4.06. The largest absolute Gasteiger partial charge is 0.480 e. The van der Waals surface area contributed by atoms with Gasteiger partial charge in [-0.1, -0.05) is 6.07 Å². The highest BCUT2D eigenvalue weighted by Gasteiger charge is 2.22. The van der Waals surface area contributed by atoms with Gasteiger partial charge in [0.25, 0.3) is 10.0 Å². The van der Waals surface area contributed by atoms with Gasteiger partial charge in [0.2, 0.25) is 5.88 Å². The number of hydrogen-bond donors (Lipinski definition) is 1. The van der Waals surface area contributed by atoms with Crippen LogP contribution in [0.1, 0.15) is 0 Å². The molecule has 0 atom stereocenters. The van der Waals surface area contributed by atoms with Crippen molar-refractivity contribution in [2.45, 2.75) is 4.90 Å². The van der Waals surface area contributed by atoms with Gasteiger partial charge in [-0.2, -0.15) is 5.10 Å². The van der Waals surface area contributed by atoms with E-state index in [1.54, 1.807) is 10.9 Å². The highest BCUT2D eigenvalue weighted by atomic mass is 127. The summed E-state index contributed by atoms with van der Waals surface area (Å²) in [5.41, 5.74) is 2.23. The van der Waals surface area contributed by atoms with Crippen LogP contribution in [-0.4, -0.2) is 30.3 Å². The summed E-state index contributed by atoms with van der Waals surface area (Å²) in [7, 11) is -1.18. The summed E-state index contributed by atoms with van der Waals surface area (Å²) in [4.78, 5) is 3.48. The van der Waals surface area contributed by atoms with E-state index in [0.29, 0.717) is 11.6 Å². The Morgan fingerprint density at radius 2 is 1.87 bits per heavy atom. The third-order valence-electron chi connectivity index (χ3n) is 4.57. The van der Waals surface area contributed by atoms with Gasteiger partial charge in [-0.15, -0.1) is 0 Å². The van der Waals surface area contributed by atoms with Gasteiger partial charge in [-0.25, -0.2) is 22.2 Å². The van der Waals surface area contributed by atoms with Gasteiger partial charge in [-0.3, -0.25) is 9.40 Å². The maximum atomic E-state index is 14.0. The number of sulfonamides is 1. The number of hydrogen-bond acceptors (Lipinski definition) is 5. The maximum Gasteiger partial charge on any atom is 0.264 e. The molecule has 0 aliphatic carbocycles. The van der Waals surface area contributed by atoms with Crippen molar-refractivity contribution in [1.29, 1.82) is 0 Å². The van der Waals surface area contributed by atoms with E-state index in [1.165, 1.54) is 13.2 Å². The van der Waals surface area contributed by atoms with Gasteiger partial charge in [0.15, 0.2) is 0 Å². The van der Waals surface area contributed by atoms with Gasteiger partial charge in [-0.05, 0) is 58.5 Å². The van der Waals surface area contributed by atoms with E-state index in [-0.39, 0.29) is 11.6 Å². The quantitative estimate of drug-likeness (QED) is 0.370. The van der Waals surface area contributed by atoms with Crippen LogP contribution in [0.15, 0.2) is 53.6 Å². The molecule has 0 aliphatic heterocycles. The van der Waals surface area contributed by atoms with E-state index in [1.807, 2.05) is 25.2 Å². The fraction of sp³-hybridized carbons (Fsp3) is 0.100. The van der Waals surface area contributed by atoms with E-state index in [4.69, 9.17) is 4.74 Å². The number of anilines is 1. The number of pyridine rings is 1. The lowest BCUT2D eigenvalue weighted by Crippen LogP contribution is -2.15. The molecule has 0 bridgehead atoms. The molecular formula is C20H15F2IN4O3S. The SMILES string of the molecule is COc1ncc(-c2ccc3nn(C)c(I)c3c2)cc1NS(=O)(=O)c1ccc(F)cc1F. The number of fused-ring (bicyclic) bond motifs is 1. The average molecular weight is 556 g/mol. The summed E-state index contributed by atoms with van der Waals surface area (Å²) in [6.45, 7) is 0. The van der Waals surface area contributed by atoms with Gasteiger partial charge in [0, 0.05) is 30.3 Å². The molecule has 0 radical (unpaired) electrons. The number of aryl methyl sites for hydroxylation is 1. The molecule has 0 saturated heterocycles. The van der Waals surface area contributed by atoms with Crippen LogP contribution in [0.2, 0.25) is 0 Å². The lowest BCUT2D eigenvalue weighted by atomic mass is 10.1. The van der Waals surface area contributed by atoms with Crippen molar-refractivity contribution >= 4 is 49.2 Å². The van der Waals surface area contributed by atoms with Crippen molar-refractivity contribution in [3.63, 3.8) is 0 Å². The minimum atomic E-state index is -4.36. The first-order chi connectivity index (χ1) is 14.7. The first-order valence-corrected chi connectivity index (χ1v) is 11.4. The Kier molecular flexibility index (Phi) is 5.56. The molecule has 0 spiro atoms. The van der Waals surface area contributed by atoms with Crippen LogP contribution in [0.25, 0.3) is 22.0 Å². The summed E-state index contributed by atoms with van der Waals surface area (Å²) in [5.74, 6) is -2.07. The molecule has 1 N–H and O–H groups in total. The van der Waals surface area contributed by atoms with Crippen LogP contribution < -0.4 is 9.46 Å². The zero-order chi connectivity index (χ0) is 22.3. The highest BCUT2D eigenvalue weighted by Crippen LogP contribution is 2.32. The minimum absolute atomic E-state index is 0.00637. The molecule has 4 aromatic rings. The van der Waals surface area contributed by atoms with E-state index in [0.717, 1.165) is 32.3 Å². The predicted molar refractivity (Wildman–Crippen MR) is 120 cm³/mol. The molecule has 7 nitrogen and oxygen atoms in total. The number of nitrogens with one attached hydrogen (secondary N) is 1. The molecule has 31 heavy (non-hydrogen) atoms. The monoisotopic (exact) mass is 556 g/mol. The maximum absolute atomic E-state index is 14.0. The molecular weight excluding hydrogens is 541 g/mol. The van der Waals surface area contributed by atoms with Gasteiger partial charge >= 0.3 is 0 Å². The fourth-order valence-electron chi connectivity index (χ4n) is 3.09. The predicted octanol–water partition coefficient (Wildman–Crippen LogP) is 4.33. The first-order valence-electron chi connectivity index (χ1n) is 8.84. The zero-order valence-electron chi connectivity index (χ0n) is 16.2. The fourth-order valence-corrected chi connectivity index (χ4v) is 4.74. The smallest absolute Gasteiger partial charge is 0.264 e. The topological polar surface area (TPSA) is 86.1 Å². The standard InChI is InChI=1S/C20H15F2IN4O3S/c1-27-19(23)14-7-11(3-5-16(14)25-27)12-8-17(20(30-2)24-10-12)26-31(28,29)18-6-4-13(21)9-15(18)22/h3-10,26H,1-2H3. The summed E-state index contributed by atoms with van der Waals surface area (Å²) >= 11 is 2.19. The molecule has 160 valence electrons. The molecule has 2 aromatic carbocycles. The Morgan fingerprint density at radius 1 is 1.10 bits per heavy atom. The van der Waals surface area contributed by atoms with E-state index < -0.39 is 26.6 Å². The summed E-state index contributed by atoms with van der Waals surface area (Å²) in [6, 6.07) is 9.39. The number of nitrogens with zero attached hydrogens (tertiary/aromatic N) is 3. The number of aromatic nitrogens is 3. The van der Waals surface area contributed by atoms with Crippen LogP contribution >= 0.6 is 22.6 Å². The summed E-state index contributed by atoms with van der Waals surface area (Å²) < 4.78 is 62.8. The van der Waals surface area contributed by atoms with E-state index in [9.17, 15) is 17.2 Å². The summed E-state index contributed by atoms with van der Waals surface area (Å²) in [5, 5.41) is 5.35. The second kappa shape index (κ2) is 8.04. The second-order valence-corrected chi connectivity index (χ2v) is 9.28. The number of rotatable bonds is 5. The number of benzene rings is 2. The number of methoxy groups -OCH3 is 1. The Labute approximate surface area is 190 Å². The highest BCUT2D eigenvalue weighted by molar-refractivity contribution is 14.1. The molecule has 2 aromatic heterocycles. The van der Waals surface area contributed by atoms with Gasteiger partial charge in [0.05, 0.1) is 12.6 Å². The third-order valence-corrected chi connectivity index (χ3v) is 7.24.